The quantitative estimate of drug-likeness (QED) is 0.653. The first-order valence-electron chi connectivity index (χ1n) is 10.9. The van der Waals surface area contributed by atoms with Gasteiger partial charge in [-0.1, -0.05) is 62.4 Å². The van der Waals surface area contributed by atoms with E-state index < -0.39 is 23.3 Å². The van der Waals surface area contributed by atoms with Crippen molar-refractivity contribution in [3.8, 4) is 5.75 Å². The van der Waals surface area contributed by atoms with Crippen LogP contribution in [0.2, 0.25) is 0 Å². The van der Waals surface area contributed by atoms with Crippen LogP contribution in [-0.4, -0.2) is 28.4 Å². The molecule has 1 aliphatic heterocycles. The number of halogens is 1. The van der Waals surface area contributed by atoms with E-state index in [2.05, 4.69) is 6.08 Å². The minimum absolute atomic E-state index is 0.0993. The highest BCUT2D eigenvalue weighted by atomic mass is 19.1. The maximum atomic E-state index is 14.7. The molecule has 2 aliphatic rings. The third-order valence-electron chi connectivity index (χ3n) is 7.04. The molecular weight excluding hydrogens is 395 g/mol. The minimum Gasteiger partial charge on any atom is -0.487 e. The van der Waals surface area contributed by atoms with Crippen LogP contribution in [0.4, 0.5) is 4.39 Å². The number of hydrogen-bond donors (Lipinski definition) is 2. The number of fused-ring (bicyclic) bond motifs is 2. The highest BCUT2D eigenvalue weighted by Gasteiger charge is 2.39. The molecular formula is C26H29FO4. The summed E-state index contributed by atoms with van der Waals surface area (Å²) in [5.41, 5.74) is 1.04. The monoisotopic (exact) mass is 424 g/mol. The molecule has 0 radical (unpaired) electrons. The summed E-state index contributed by atoms with van der Waals surface area (Å²) in [5, 5.41) is 20.1. The Bertz CT molecular complexity index is 982. The lowest BCUT2D eigenvalue weighted by Gasteiger charge is -2.29. The van der Waals surface area contributed by atoms with Gasteiger partial charge in [-0.15, -0.1) is 0 Å². The second-order valence-electron chi connectivity index (χ2n) is 9.24. The van der Waals surface area contributed by atoms with Crippen LogP contribution in [0.3, 0.4) is 0 Å². The van der Waals surface area contributed by atoms with Crippen LogP contribution in [0.1, 0.15) is 54.6 Å². The van der Waals surface area contributed by atoms with E-state index in [1.165, 1.54) is 6.07 Å². The molecule has 1 saturated carbocycles. The molecule has 0 amide bonds. The number of ether oxygens (including phenoxy) is 1. The van der Waals surface area contributed by atoms with Crippen molar-refractivity contribution >= 4 is 5.97 Å². The van der Waals surface area contributed by atoms with Crippen molar-refractivity contribution in [1.29, 1.82) is 0 Å². The average Bonchev–Trinajstić information content (AvgIpc) is 3.03. The van der Waals surface area contributed by atoms with E-state index in [4.69, 9.17) is 4.74 Å². The smallest absolute Gasteiger partial charge is 0.338 e. The predicted molar refractivity (Wildman–Crippen MR) is 117 cm³/mol. The van der Waals surface area contributed by atoms with E-state index in [9.17, 15) is 19.4 Å². The topological polar surface area (TPSA) is 66.8 Å². The Kier molecular flexibility index (Phi) is 5.89. The number of aromatic carboxylic acids is 1. The zero-order valence-corrected chi connectivity index (χ0v) is 17.9. The highest BCUT2D eigenvalue weighted by Crippen LogP contribution is 2.43. The number of carboxylic acids is 1. The van der Waals surface area contributed by atoms with E-state index in [-0.39, 0.29) is 29.3 Å². The van der Waals surface area contributed by atoms with E-state index in [0.29, 0.717) is 6.42 Å². The second-order valence-corrected chi connectivity index (χ2v) is 9.24. The lowest BCUT2D eigenvalue weighted by Crippen LogP contribution is -2.32. The summed E-state index contributed by atoms with van der Waals surface area (Å²) in [6.07, 6.45) is 6.39. The fourth-order valence-corrected chi connectivity index (χ4v) is 4.93. The summed E-state index contributed by atoms with van der Waals surface area (Å²) in [4.78, 5) is 11.3. The average molecular weight is 425 g/mol. The third-order valence-corrected chi connectivity index (χ3v) is 7.04. The van der Waals surface area contributed by atoms with Crippen LogP contribution in [0.5, 0.6) is 5.75 Å². The predicted octanol–water partition coefficient (Wildman–Crippen LogP) is 5.14. The van der Waals surface area contributed by atoms with Gasteiger partial charge in [0.1, 0.15) is 6.10 Å². The Morgan fingerprint density at radius 2 is 1.90 bits per heavy atom. The summed E-state index contributed by atoms with van der Waals surface area (Å²) in [5.74, 6) is -1.51. The molecule has 164 valence electrons. The van der Waals surface area contributed by atoms with Crippen LogP contribution in [0.15, 0.2) is 54.6 Å². The summed E-state index contributed by atoms with van der Waals surface area (Å²) in [6, 6.07) is 13.0. The third kappa shape index (κ3) is 4.11. The van der Waals surface area contributed by atoms with Gasteiger partial charge >= 0.3 is 5.97 Å². The van der Waals surface area contributed by atoms with Crippen molar-refractivity contribution in [2.24, 2.45) is 11.8 Å². The van der Waals surface area contributed by atoms with Gasteiger partial charge in [-0.3, -0.25) is 0 Å². The first-order chi connectivity index (χ1) is 14.8. The van der Waals surface area contributed by atoms with Crippen molar-refractivity contribution in [2.75, 3.05) is 0 Å². The van der Waals surface area contributed by atoms with Gasteiger partial charge in [-0.2, -0.15) is 0 Å². The SMILES string of the molecule is CC(C)(c1ccccc1)C(O)/C=C/[C@H]1CC[C@@H]2Oc3c(ccc(C(=O)O)c3F)CC[C@@H]21. The fraction of sp³-hybridized carbons (Fsp3) is 0.423. The molecule has 4 atom stereocenters. The van der Waals surface area contributed by atoms with E-state index >= 15 is 0 Å². The van der Waals surface area contributed by atoms with Crippen molar-refractivity contribution < 1.29 is 24.1 Å². The van der Waals surface area contributed by atoms with Gasteiger partial charge in [0.2, 0.25) is 0 Å². The number of rotatable bonds is 5. The second kappa shape index (κ2) is 8.46. The fourth-order valence-electron chi connectivity index (χ4n) is 4.93. The van der Waals surface area contributed by atoms with Gasteiger partial charge in [0.15, 0.2) is 11.6 Å². The van der Waals surface area contributed by atoms with Crippen molar-refractivity contribution in [1.82, 2.24) is 0 Å². The van der Waals surface area contributed by atoms with Crippen molar-refractivity contribution in [2.45, 2.75) is 57.2 Å². The number of carbonyl (C=O) groups is 1. The molecule has 2 aromatic rings. The molecule has 1 heterocycles. The molecule has 0 spiro atoms. The van der Waals surface area contributed by atoms with Gasteiger partial charge in [0.25, 0.3) is 0 Å². The van der Waals surface area contributed by atoms with Gasteiger partial charge < -0.3 is 14.9 Å². The summed E-state index contributed by atoms with van der Waals surface area (Å²) in [6.45, 7) is 4.06. The Hall–Kier alpha value is -2.66. The zero-order valence-electron chi connectivity index (χ0n) is 17.9. The van der Waals surface area contributed by atoms with Gasteiger partial charge in [0, 0.05) is 11.3 Å². The zero-order chi connectivity index (χ0) is 22.2. The molecule has 5 heteroatoms. The maximum absolute atomic E-state index is 14.7. The lowest BCUT2D eigenvalue weighted by atomic mass is 9.78. The molecule has 31 heavy (non-hydrogen) atoms. The Morgan fingerprint density at radius 1 is 1.16 bits per heavy atom. The number of aliphatic hydroxyl groups excluding tert-OH is 1. The van der Waals surface area contributed by atoms with Crippen LogP contribution in [0.25, 0.3) is 0 Å². The normalized spacial score (nSPS) is 24.2. The molecule has 0 bridgehead atoms. The van der Waals surface area contributed by atoms with Crippen LogP contribution in [0, 0.1) is 17.7 Å². The minimum atomic E-state index is -1.29. The molecule has 1 aliphatic carbocycles. The van der Waals surface area contributed by atoms with Crippen molar-refractivity contribution in [3.63, 3.8) is 0 Å². The first kappa shape index (κ1) is 21.6. The maximum Gasteiger partial charge on any atom is 0.338 e. The van der Waals surface area contributed by atoms with Crippen LogP contribution >= 0.6 is 0 Å². The molecule has 4 nitrogen and oxygen atoms in total. The number of aryl methyl sites for hydroxylation is 1. The largest absolute Gasteiger partial charge is 0.487 e. The number of hydrogen-bond acceptors (Lipinski definition) is 3. The number of benzene rings is 2. The molecule has 2 N–H and O–H groups in total. The number of aliphatic hydroxyl groups is 1. The van der Waals surface area contributed by atoms with E-state index in [0.717, 1.165) is 30.4 Å². The Balaban J connectivity index is 1.50. The van der Waals surface area contributed by atoms with E-state index in [1.54, 1.807) is 6.07 Å². The van der Waals surface area contributed by atoms with Gasteiger partial charge in [-0.25, -0.2) is 9.18 Å². The van der Waals surface area contributed by atoms with Crippen LogP contribution in [-0.2, 0) is 11.8 Å². The Labute approximate surface area is 182 Å². The summed E-state index contributed by atoms with van der Waals surface area (Å²) >= 11 is 0. The number of carboxylic acid groups (broad SMARTS) is 1. The summed E-state index contributed by atoms with van der Waals surface area (Å²) < 4.78 is 20.8. The standard InChI is InChI=1S/C26H29FO4/c1-26(2,18-6-4-3-5-7-18)22(28)15-11-16-10-14-21-19(16)12-8-17-9-13-20(25(29)30)23(27)24(17)31-21/h3-7,9,11,13,15-16,19,21-22,28H,8,10,12,14H2,1-2H3,(H,29,30)/b15-11+/t16-,19-,21+,22?/m1/s1. The van der Waals surface area contributed by atoms with Crippen LogP contribution < -0.4 is 4.74 Å². The molecule has 1 unspecified atom stereocenters. The molecule has 0 aromatic heterocycles. The van der Waals surface area contributed by atoms with E-state index in [1.807, 2.05) is 50.3 Å². The van der Waals surface area contributed by atoms with Gasteiger partial charge in [-0.05, 0) is 48.8 Å². The van der Waals surface area contributed by atoms with Gasteiger partial charge in [0.05, 0.1) is 11.7 Å². The molecule has 4 rings (SSSR count). The van der Waals surface area contributed by atoms with Crippen molar-refractivity contribution in [3.05, 3.63) is 77.1 Å². The Morgan fingerprint density at radius 3 is 2.61 bits per heavy atom. The lowest BCUT2D eigenvalue weighted by molar-refractivity contribution is 0.0689. The first-order valence-corrected chi connectivity index (χ1v) is 10.9. The molecule has 0 saturated heterocycles. The summed E-state index contributed by atoms with van der Waals surface area (Å²) in [7, 11) is 0. The molecule has 2 aromatic carbocycles. The molecule has 1 fully saturated rings. The highest BCUT2D eigenvalue weighted by molar-refractivity contribution is 5.88. The number of allylic oxidation sites excluding steroid dienone is 1.